The minimum absolute atomic E-state index is 0.0284. The van der Waals surface area contributed by atoms with Crippen LogP contribution in [0.4, 0.5) is 10.8 Å². The minimum atomic E-state index is -0.230. The lowest BCUT2D eigenvalue weighted by atomic mass is 10.2. The molecule has 150 valence electrons. The second kappa shape index (κ2) is 7.60. The van der Waals surface area contributed by atoms with Crippen LogP contribution in [0.3, 0.4) is 0 Å². The number of carbonyl (C=O) groups is 1. The van der Waals surface area contributed by atoms with Gasteiger partial charge in [-0.05, 0) is 36.4 Å². The van der Waals surface area contributed by atoms with Crippen LogP contribution in [0, 0.1) is 0 Å². The smallest absolute Gasteiger partial charge is 0.275 e. The molecule has 1 unspecified atom stereocenters. The number of nitrogens with one attached hydrogen (secondary N) is 1. The lowest BCUT2D eigenvalue weighted by Crippen LogP contribution is -2.27. The fourth-order valence-electron chi connectivity index (χ4n) is 3.35. The number of hydrogen-bond acceptors (Lipinski definition) is 7. The molecule has 0 saturated carbocycles. The molecule has 1 aliphatic heterocycles. The fraction of sp³-hybridized carbons (Fsp3) is 0.143. The van der Waals surface area contributed by atoms with Gasteiger partial charge < -0.3 is 15.0 Å². The van der Waals surface area contributed by atoms with E-state index in [0.717, 1.165) is 11.4 Å². The Labute approximate surface area is 175 Å². The standard InChI is InChI=1S/C21H17N5O3S/c27-18-10-11-22-21-26(18)24-20(30-21)23-14-12-19(28)25(13-14)15-6-8-17(9-7-15)29-16-4-2-1-3-5-16/h1-11,14H,12-13H2,(H,23,24). The van der Waals surface area contributed by atoms with Crippen LogP contribution < -0.4 is 20.5 Å². The van der Waals surface area contributed by atoms with E-state index < -0.39 is 0 Å². The quantitative estimate of drug-likeness (QED) is 0.535. The molecule has 0 aliphatic carbocycles. The van der Waals surface area contributed by atoms with Crippen molar-refractivity contribution in [1.82, 2.24) is 14.6 Å². The maximum Gasteiger partial charge on any atom is 0.275 e. The van der Waals surface area contributed by atoms with Gasteiger partial charge in [0.15, 0.2) is 0 Å². The normalized spacial score (nSPS) is 16.2. The predicted octanol–water partition coefficient (Wildman–Crippen LogP) is 3.16. The fourth-order valence-corrected chi connectivity index (χ4v) is 4.20. The summed E-state index contributed by atoms with van der Waals surface area (Å²) in [5.74, 6) is 1.50. The average Bonchev–Trinajstić information content (AvgIpc) is 3.33. The molecule has 5 rings (SSSR count). The van der Waals surface area contributed by atoms with Gasteiger partial charge in [-0.3, -0.25) is 9.59 Å². The SMILES string of the molecule is O=C1CC(Nc2nn3c(=O)ccnc3s2)CN1c1ccc(Oc2ccccc2)cc1. The molecular formula is C21H17N5O3S. The third-order valence-corrected chi connectivity index (χ3v) is 5.60. The maximum absolute atomic E-state index is 12.5. The Bertz CT molecular complexity index is 1250. The Hall–Kier alpha value is -3.72. The second-order valence-corrected chi connectivity index (χ2v) is 7.80. The van der Waals surface area contributed by atoms with Gasteiger partial charge >= 0.3 is 0 Å². The Balaban J connectivity index is 1.27. The Kier molecular flexibility index (Phi) is 4.64. The van der Waals surface area contributed by atoms with Crippen molar-refractivity contribution in [2.24, 2.45) is 0 Å². The zero-order valence-corrected chi connectivity index (χ0v) is 16.6. The van der Waals surface area contributed by atoms with Crippen molar-refractivity contribution >= 4 is 33.0 Å². The molecule has 0 bridgehead atoms. The van der Waals surface area contributed by atoms with Crippen LogP contribution in [-0.2, 0) is 4.79 Å². The number of rotatable bonds is 5. The number of para-hydroxylation sites is 1. The molecule has 8 nitrogen and oxygen atoms in total. The number of anilines is 2. The summed E-state index contributed by atoms with van der Waals surface area (Å²) < 4.78 is 7.06. The number of amides is 1. The number of nitrogens with zero attached hydrogens (tertiary/aromatic N) is 4. The van der Waals surface area contributed by atoms with Gasteiger partial charge in [0.1, 0.15) is 11.5 Å². The molecular weight excluding hydrogens is 402 g/mol. The lowest BCUT2D eigenvalue weighted by Gasteiger charge is -2.17. The maximum atomic E-state index is 12.5. The number of benzene rings is 2. The summed E-state index contributed by atoms with van der Waals surface area (Å²) >= 11 is 1.28. The van der Waals surface area contributed by atoms with Gasteiger partial charge in [-0.1, -0.05) is 29.5 Å². The van der Waals surface area contributed by atoms with Crippen LogP contribution in [0.2, 0.25) is 0 Å². The highest BCUT2D eigenvalue weighted by Crippen LogP contribution is 2.28. The molecule has 3 heterocycles. The van der Waals surface area contributed by atoms with E-state index in [0.29, 0.717) is 28.8 Å². The van der Waals surface area contributed by atoms with Crippen molar-refractivity contribution in [2.75, 3.05) is 16.8 Å². The average molecular weight is 419 g/mol. The van der Waals surface area contributed by atoms with Crippen molar-refractivity contribution in [2.45, 2.75) is 12.5 Å². The van der Waals surface area contributed by atoms with Gasteiger partial charge in [0, 0.05) is 30.9 Å². The third kappa shape index (κ3) is 3.62. The largest absolute Gasteiger partial charge is 0.457 e. The van der Waals surface area contributed by atoms with E-state index >= 15 is 0 Å². The monoisotopic (exact) mass is 419 g/mol. The lowest BCUT2D eigenvalue weighted by molar-refractivity contribution is -0.117. The molecule has 2 aromatic carbocycles. The molecule has 1 N–H and O–H groups in total. The predicted molar refractivity (Wildman–Crippen MR) is 114 cm³/mol. The van der Waals surface area contributed by atoms with E-state index in [4.69, 9.17) is 4.74 Å². The van der Waals surface area contributed by atoms with Crippen molar-refractivity contribution < 1.29 is 9.53 Å². The van der Waals surface area contributed by atoms with Gasteiger partial charge in [0.25, 0.3) is 5.56 Å². The van der Waals surface area contributed by atoms with Gasteiger partial charge in [-0.2, -0.15) is 4.52 Å². The van der Waals surface area contributed by atoms with Gasteiger partial charge in [-0.15, -0.1) is 5.10 Å². The van der Waals surface area contributed by atoms with E-state index in [1.165, 1.54) is 28.1 Å². The molecule has 2 aromatic heterocycles. The molecule has 0 radical (unpaired) electrons. The topological polar surface area (TPSA) is 88.8 Å². The first-order chi connectivity index (χ1) is 14.7. The molecule has 4 aromatic rings. The molecule has 30 heavy (non-hydrogen) atoms. The summed E-state index contributed by atoms with van der Waals surface area (Å²) in [7, 11) is 0. The highest BCUT2D eigenvalue weighted by atomic mass is 32.1. The molecule has 1 fully saturated rings. The molecule has 0 spiro atoms. The van der Waals surface area contributed by atoms with Gasteiger partial charge in [-0.25, -0.2) is 4.98 Å². The van der Waals surface area contributed by atoms with Crippen LogP contribution in [-0.4, -0.2) is 33.1 Å². The van der Waals surface area contributed by atoms with Crippen molar-refractivity contribution in [3.63, 3.8) is 0 Å². The summed E-state index contributed by atoms with van der Waals surface area (Å²) in [5.41, 5.74) is 0.582. The first kappa shape index (κ1) is 18.3. The van der Waals surface area contributed by atoms with E-state index in [1.54, 1.807) is 4.90 Å². The summed E-state index contributed by atoms with van der Waals surface area (Å²) in [6.45, 7) is 0.510. The first-order valence-electron chi connectivity index (χ1n) is 9.40. The molecule has 1 atom stereocenters. The number of aromatic nitrogens is 3. The van der Waals surface area contributed by atoms with Gasteiger partial charge in [0.05, 0.1) is 6.04 Å². The second-order valence-electron chi connectivity index (χ2n) is 6.84. The van der Waals surface area contributed by atoms with E-state index in [2.05, 4.69) is 15.4 Å². The Morgan fingerprint density at radius 2 is 1.77 bits per heavy atom. The van der Waals surface area contributed by atoms with Crippen LogP contribution in [0.25, 0.3) is 4.96 Å². The number of carbonyl (C=O) groups excluding carboxylic acids is 1. The van der Waals surface area contributed by atoms with E-state index in [1.807, 2.05) is 54.6 Å². The molecule has 1 amide bonds. The Morgan fingerprint density at radius 3 is 2.53 bits per heavy atom. The summed E-state index contributed by atoms with van der Waals surface area (Å²) in [5, 5.41) is 8.07. The molecule has 1 aliphatic rings. The van der Waals surface area contributed by atoms with Crippen LogP contribution in [0.1, 0.15) is 6.42 Å². The summed E-state index contributed by atoms with van der Waals surface area (Å²) in [4.78, 5) is 30.8. The number of hydrogen-bond donors (Lipinski definition) is 1. The summed E-state index contributed by atoms with van der Waals surface area (Å²) in [6, 6.07) is 18.2. The Morgan fingerprint density at radius 1 is 1.00 bits per heavy atom. The zero-order chi connectivity index (χ0) is 20.5. The van der Waals surface area contributed by atoms with E-state index in [9.17, 15) is 9.59 Å². The number of fused-ring (bicyclic) bond motifs is 1. The van der Waals surface area contributed by atoms with E-state index in [-0.39, 0.29) is 17.5 Å². The highest BCUT2D eigenvalue weighted by molar-refractivity contribution is 7.20. The van der Waals surface area contributed by atoms with Crippen molar-refractivity contribution in [1.29, 1.82) is 0 Å². The zero-order valence-electron chi connectivity index (χ0n) is 15.8. The van der Waals surface area contributed by atoms with Crippen molar-refractivity contribution in [3.05, 3.63) is 77.2 Å². The molecule has 9 heteroatoms. The van der Waals surface area contributed by atoms with Crippen molar-refractivity contribution in [3.8, 4) is 11.5 Å². The van der Waals surface area contributed by atoms with Crippen LogP contribution in [0.5, 0.6) is 11.5 Å². The van der Waals surface area contributed by atoms with Crippen LogP contribution in [0.15, 0.2) is 71.7 Å². The first-order valence-corrected chi connectivity index (χ1v) is 10.2. The van der Waals surface area contributed by atoms with Crippen LogP contribution >= 0.6 is 11.3 Å². The third-order valence-electron chi connectivity index (χ3n) is 4.75. The van der Waals surface area contributed by atoms with Gasteiger partial charge in [0.2, 0.25) is 16.0 Å². The summed E-state index contributed by atoms with van der Waals surface area (Å²) in [6.07, 6.45) is 1.81. The molecule has 1 saturated heterocycles. The number of ether oxygens (including phenoxy) is 1. The highest BCUT2D eigenvalue weighted by Gasteiger charge is 2.31. The minimum Gasteiger partial charge on any atom is -0.457 e.